The number of likely N-dealkylation sites (tertiary alicyclic amines) is 1. The molecule has 4 heterocycles. The van der Waals surface area contributed by atoms with Crippen molar-refractivity contribution >= 4 is 50.5 Å². The van der Waals surface area contributed by atoms with Crippen LogP contribution < -0.4 is 5.56 Å². The number of thiazole rings is 1. The summed E-state index contributed by atoms with van der Waals surface area (Å²) in [7, 11) is 0. The number of alkyl halides is 3. The molecule has 3 aromatic rings. The van der Waals surface area contributed by atoms with Crippen LogP contribution in [0.4, 0.5) is 17.6 Å². The largest absolute Gasteiger partial charge is 0.421 e. The molecule has 1 saturated heterocycles. The Labute approximate surface area is 237 Å². The van der Waals surface area contributed by atoms with Crippen molar-refractivity contribution in [2.24, 2.45) is 5.16 Å². The molecule has 2 aromatic heterocycles. The van der Waals surface area contributed by atoms with Gasteiger partial charge < -0.3 is 14.3 Å². The quantitative estimate of drug-likeness (QED) is 0.312. The number of piperidine rings is 1. The molecule has 0 N–H and O–H groups in total. The summed E-state index contributed by atoms with van der Waals surface area (Å²) in [5.41, 5.74) is -1.04. The Bertz CT molecular complexity index is 1480. The molecule has 14 heteroatoms. The van der Waals surface area contributed by atoms with E-state index in [0.29, 0.717) is 64.4 Å². The molecule has 39 heavy (non-hydrogen) atoms. The zero-order valence-corrected chi connectivity index (χ0v) is 23.2. The van der Waals surface area contributed by atoms with Crippen LogP contribution in [0.2, 0.25) is 5.02 Å². The number of hydrogen-bond acceptors (Lipinski definition) is 6. The van der Waals surface area contributed by atoms with Crippen molar-refractivity contribution < 1.29 is 27.2 Å². The van der Waals surface area contributed by atoms with Gasteiger partial charge in [-0.25, -0.2) is 9.37 Å². The van der Waals surface area contributed by atoms with Gasteiger partial charge in [-0.1, -0.05) is 38.8 Å². The second-order valence-electron chi connectivity index (χ2n) is 9.20. The number of oxime groups is 1. The molecule has 1 aromatic carbocycles. The predicted molar refractivity (Wildman–Crippen MR) is 140 cm³/mol. The Morgan fingerprint density at radius 3 is 2.69 bits per heavy atom. The van der Waals surface area contributed by atoms with Gasteiger partial charge in [0.25, 0.3) is 5.56 Å². The maximum atomic E-state index is 14.3. The number of rotatable bonds is 5. The van der Waals surface area contributed by atoms with E-state index in [-0.39, 0.29) is 16.8 Å². The third-order valence-corrected chi connectivity index (χ3v) is 8.57. The second-order valence-corrected chi connectivity index (χ2v) is 11.4. The third kappa shape index (κ3) is 5.90. The molecule has 2 aliphatic rings. The zero-order valence-electron chi connectivity index (χ0n) is 20.1. The number of amides is 1. The fourth-order valence-corrected chi connectivity index (χ4v) is 6.48. The predicted octanol–water partition coefficient (Wildman–Crippen LogP) is 6.15. The van der Waals surface area contributed by atoms with Gasteiger partial charge in [0.2, 0.25) is 5.91 Å². The molecule has 1 amide bonds. The van der Waals surface area contributed by atoms with Crippen LogP contribution in [0.15, 0.2) is 50.3 Å². The SMILES string of the molecule is O=C(Cn1cc(Cl)cc(C(F)(F)F)c1=O)N1CCC(c2nc(C3=NOC(c4c(F)cccc4Br)C3)cs2)CC1. The Morgan fingerprint density at radius 2 is 2.00 bits per heavy atom. The van der Waals surface area contributed by atoms with Crippen LogP contribution in [0, 0.1) is 5.82 Å². The molecule has 0 bridgehead atoms. The van der Waals surface area contributed by atoms with Crippen molar-refractivity contribution in [1.82, 2.24) is 14.5 Å². The molecule has 1 unspecified atom stereocenters. The number of hydrogen-bond donors (Lipinski definition) is 0. The number of nitrogens with zero attached hydrogens (tertiary/aromatic N) is 4. The number of pyridine rings is 1. The summed E-state index contributed by atoms with van der Waals surface area (Å²) < 4.78 is 55.0. The van der Waals surface area contributed by atoms with Crippen LogP contribution in [0.25, 0.3) is 0 Å². The summed E-state index contributed by atoms with van der Waals surface area (Å²) in [6.07, 6.45) is -2.83. The topological polar surface area (TPSA) is 76.8 Å². The van der Waals surface area contributed by atoms with Gasteiger partial charge in [0.1, 0.15) is 23.6 Å². The molecule has 0 saturated carbocycles. The first-order valence-corrected chi connectivity index (χ1v) is 13.9. The lowest BCUT2D eigenvalue weighted by molar-refractivity contribution is -0.139. The van der Waals surface area contributed by atoms with Crippen LogP contribution in [0.1, 0.15) is 53.1 Å². The summed E-state index contributed by atoms with van der Waals surface area (Å²) in [4.78, 5) is 36.7. The van der Waals surface area contributed by atoms with Crippen LogP contribution in [-0.4, -0.2) is 39.2 Å². The first-order valence-electron chi connectivity index (χ1n) is 11.9. The summed E-state index contributed by atoms with van der Waals surface area (Å²) in [6.45, 7) is 0.203. The van der Waals surface area contributed by atoms with Crippen LogP contribution in [0.3, 0.4) is 0 Å². The van der Waals surface area contributed by atoms with E-state index in [0.717, 1.165) is 11.2 Å². The summed E-state index contributed by atoms with van der Waals surface area (Å²) >= 11 is 10.6. The van der Waals surface area contributed by atoms with E-state index >= 15 is 0 Å². The van der Waals surface area contributed by atoms with E-state index in [4.69, 9.17) is 21.4 Å². The Kier molecular flexibility index (Phi) is 7.84. The van der Waals surface area contributed by atoms with Crippen molar-refractivity contribution in [3.8, 4) is 0 Å². The maximum absolute atomic E-state index is 14.3. The first-order chi connectivity index (χ1) is 18.5. The highest BCUT2D eigenvalue weighted by atomic mass is 79.9. The number of carbonyl (C=O) groups is 1. The lowest BCUT2D eigenvalue weighted by Gasteiger charge is -2.31. The van der Waals surface area contributed by atoms with Gasteiger partial charge >= 0.3 is 6.18 Å². The fourth-order valence-electron chi connectivity index (χ4n) is 4.65. The van der Waals surface area contributed by atoms with Crippen molar-refractivity contribution in [3.05, 3.63) is 83.3 Å². The Balaban J connectivity index is 1.19. The first kappa shape index (κ1) is 27.8. The van der Waals surface area contributed by atoms with E-state index in [1.54, 1.807) is 12.1 Å². The van der Waals surface area contributed by atoms with E-state index in [1.807, 2.05) is 5.38 Å². The minimum Gasteiger partial charge on any atom is -0.387 e. The van der Waals surface area contributed by atoms with E-state index < -0.39 is 35.9 Å². The average Bonchev–Trinajstić information content (AvgIpc) is 3.56. The number of carbonyl (C=O) groups excluding carboxylic acids is 1. The number of benzene rings is 1. The Morgan fingerprint density at radius 1 is 1.26 bits per heavy atom. The highest BCUT2D eigenvalue weighted by molar-refractivity contribution is 9.10. The fraction of sp³-hybridized carbons (Fsp3) is 0.360. The lowest BCUT2D eigenvalue weighted by Crippen LogP contribution is -2.41. The van der Waals surface area contributed by atoms with E-state index in [9.17, 15) is 27.2 Å². The summed E-state index contributed by atoms with van der Waals surface area (Å²) in [5, 5.41) is 6.59. The molecule has 0 radical (unpaired) electrons. The second kappa shape index (κ2) is 11.0. The highest BCUT2D eigenvalue weighted by Gasteiger charge is 2.36. The van der Waals surface area contributed by atoms with Crippen LogP contribution in [-0.2, 0) is 22.4 Å². The molecular formula is C25H20BrClF4N4O3S. The molecule has 206 valence electrons. The van der Waals surface area contributed by atoms with Gasteiger partial charge in [0, 0.05) is 47.0 Å². The zero-order chi connectivity index (χ0) is 27.9. The maximum Gasteiger partial charge on any atom is 0.421 e. The molecule has 1 fully saturated rings. The molecule has 0 aliphatic carbocycles. The van der Waals surface area contributed by atoms with Crippen molar-refractivity contribution in [1.29, 1.82) is 0 Å². The Hall–Kier alpha value is -2.77. The average molecular weight is 648 g/mol. The van der Waals surface area contributed by atoms with E-state index in [1.165, 1.54) is 22.3 Å². The smallest absolute Gasteiger partial charge is 0.387 e. The molecule has 5 rings (SSSR count). The summed E-state index contributed by atoms with van der Waals surface area (Å²) in [5.74, 6) is -0.765. The van der Waals surface area contributed by atoms with Gasteiger partial charge in [-0.05, 0) is 31.0 Å². The minimum absolute atomic E-state index is 0.0814. The molecule has 7 nitrogen and oxygen atoms in total. The van der Waals surface area contributed by atoms with Crippen molar-refractivity contribution in [3.63, 3.8) is 0 Å². The molecule has 1 atom stereocenters. The van der Waals surface area contributed by atoms with Crippen molar-refractivity contribution in [2.75, 3.05) is 13.1 Å². The van der Waals surface area contributed by atoms with Crippen LogP contribution >= 0.6 is 38.9 Å². The van der Waals surface area contributed by atoms with Crippen LogP contribution in [0.5, 0.6) is 0 Å². The third-order valence-electron chi connectivity index (χ3n) is 6.67. The standard InChI is InChI=1S/C25H20BrClF4N4O3S/c26-16-2-1-3-17(28)22(16)20-9-18(33-38-20)19-12-39-23(32-19)13-4-6-34(7-5-13)21(36)11-35-10-14(27)8-15(24(35)37)25(29,30)31/h1-3,8,10,12-13,20H,4-7,9,11H2. The summed E-state index contributed by atoms with van der Waals surface area (Å²) in [6, 6.07) is 5.27. The normalized spacial score (nSPS) is 18.3. The monoisotopic (exact) mass is 646 g/mol. The van der Waals surface area contributed by atoms with Gasteiger partial charge in [-0.3, -0.25) is 9.59 Å². The molecule has 2 aliphatic heterocycles. The van der Waals surface area contributed by atoms with Gasteiger partial charge in [0.15, 0.2) is 6.10 Å². The lowest BCUT2D eigenvalue weighted by atomic mass is 9.97. The van der Waals surface area contributed by atoms with Gasteiger partial charge in [-0.15, -0.1) is 11.3 Å². The van der Waals surface area contributed by atoms with E-state index in [2.05, 4.69) is 21.1 Å². The molecule has 0 spiro atoms. The highest BCUT2D eigenvalue weighted by Crippen LogP contribution is 2.37. The van der Waals surface area contributed by atoms with Crippen molar-refractivity contribution in [2.45, 2.75) is 44.0 Å². The number of halogens is 6. The minimum atomic E-state index is -4.87. The molecular weight excluding hydrogens is 628 g/mol. The van der Waals surface area contributed by atoms with Gasteiger partial charge in [-0.2, -0.15) is 13.2 Å². The van der Waals surface area contributed by atoms with Gasteiger partial charge in [0.05, 0.1) is 15.7 Å². The number of aromatic nitrogens is 2.